The Morgan fingerprint density at radius 3 is 2.64 bits per heavy atom. The summed E-state index contributed by atoms with van der Waals surface area (Å²) >= 11 is 6.14. The fourth-order valence-electron chi connectivity index (χ4n) is 1.45. The number of hydrogen-bond acceptors (Lipinski definition) is 1. The zero-order valence-corrected chi connectivity index (χ0v) is 9.56. The van der Waals surface area contributed by atoms with Crippen LogP contribution in [0.2, 0.25) is 5.02 Å². The molecule has 0 aromatic heterocycles. The normalized spacial score (nSPS) is 10.9. The van der Waals surface area contributed by atoms with E-state index < -0.39 is 0 Å². The van der Waals surface area contributed by atoms with Crippen LogP contribution in [0.4, 0.5) is 0 Å². The molecule has 0 saturated heterocycles. The number of halogens is 1. The number of rotatable bonds is 3. The van der Waals surface area contributed by atoms with Crippen LogP contribution in [0, 0.1) is 0 Å². The average molecular weight is 211 g/mol. The summed E-state index contributed by atoms with van der Waals surface area (Å²) in [6.45, 7) is 4.05. The van der Waals surface area contributed by atoms with Crippen molar-refractivity contribution in [1.29, 1.82) is 0 Å². The first-order valence-corrected chi connectivity index (χ1v) is 5.09. The van der Waals surface area contributed by atoms with Crippen LogP contribution in [0.15, 0.2) is 18.2 Å². The molecule has 76 valence electrons. The molecule has 0 N–H and O–H groups in total. The van der Waals surface area contributed by atoms with Crippen LogP contribution in [-0.4, -0.2) is 7.11 Å². The molecule has 2 heteroatoms. The van der Waals surface area contributed by atoms with Gasteiger partial charge >= 0.3 is 0 Å². The Morgan fingerprint density at radius 1 is 1.43 bits per heavy atom. The fraction of sp³-hybridized carbons (Fsp3) is 0.333. The Morgan fingerprint density at radius 2 is 2.14 bits per heavy atom. The third kappa shape index (κ3) is 2.30. The second-order valence-corrected chi connectivity index (χ2v) is 3.44. The van der Waals surface area contributed by atoms with Gasteiger partial charge in [-0.25, -0.2) is 0 Å². The SMILES string of the molecule is CC=Cc1cc(Cl)c(CC)c(OC)c1. The predicted molar refractivity (Wildman–Crippen MR) is 62.1 cm³/mol. The molecule has 0 atom stereocenters. The van der Waals surface area contributed by atoms with Crippen molar-refractivity contribution in [2.24, 2.45) is 0 Å². The average Bonchev–Trinajstić information content (AvgIpc) is 2.17. The molecule has 0 radical (unpaired) electrons. The number of benzene rings is 1. The minimum Gasteiger partial charge on any atom is -0.496 e. The molecule has 0 spiro atoms. The molecule has 0 amide bonds. The van der Waals surface area contributed by atoms with Gasteiger partial charge in [-0.15, -0.1) is 0 Å². The molecule has 0 fully saturated rings. The highest BCUT2D eigenvalue weighted by atomic mass is 35.5. The molecule has 0 aliphatic heterocycles. The number of methoxy groups -OCH3 is 1. The molecule has 0 aliphatic carbocycles. The van der Waals surface area contributed by atoms with Gasteiger partial charge in [-0.05, 0) is 31.0 Å². The van der Waals surface area contributed by atoms with E-state index in [2.05, 4.69) is 6.92 Å². The first kappa shape index (κ1) is 11.1. The third-order valence-corrected chi connectivity index (χ3v) is 2.45. The van der Waals surface area contributed by atoms with Crippen molar-refractivity contribution in [1.82, 2.24) is 0 Å². The van der Waals surface area contributed by atoms with E-state index in [0.717, 1.165) is 28.3 Å². The number of allylic oxidation sites excluding steroid dienone is 1. The number of ether oxygens (including phenoxy) is 1. The summed E-state index contributed by atoms with van der Waals surface area (Å²) in [5.74, 6) is 0.869. The van der Waals surface area contributed by atoms with Crippen LogP contribution in [0.5, 0.6) is 5.75 Å². The van der Waals surface area contributed by atoms with Crippen LogP contribution >= 0.6 is 11.6 Å². The maximum Gasteiger partial charge on any atom is 0.124 e. The molecule has 0 bridgehead atoms. The molecule has 1 nitrogen and oxygen atoms in total. The van der Waals surface area contributed by atoms with Crippen molar-refractivity contribution in [3.63, 3.8) is 0 Å². The summed E-state index contributed by atoms with van der Waals surface area (Å²) in [5, 5.41) is 0.778. The molecule has 0 heterocycles. The fourth-order valence-corrected chi connectivity index (χ4v) is 1.80. The second kappa shape index (κ2) is 5.06. The van der Waals surface area contributed by atoms with Gasteiger partial charge in [0.05, 0.1) is 7.11 Å². The first-order chi connectivity index (χ1) is 6.72. The van der Waals surface area contributed by atoms with E-state index >= 15 is 0 Å². The maximum absolute atomic E-state index is 6.14. The van der Waals surface area contributed by atoms with E-state index in [-0.39, 0.29) is 0 Å². The quantitative estimate of drug-likeness (QED) is 0.734. The maximum atomic E-state index is 6.14. The van der Waals surface area contributed by atoms with Crippen LogP contribution in [0.25, 0.3) is 6.08 Å². The van der Waals surface area contributed by atoms with E-state index in [1.807, 2.05) is 31.2 Å². The monoisotopic (exact) mass is 210 g/mol. The second-order valence-electron chi connectivity index (χ2n) is 3.04. The minimum atomic E-state index is 0.778. The van der Waals surface area contributed by atoms with E-state index in [1.165, 1.54) is 0 Å². The smallest absolute Gasteiger partial charge is 0.124 e. The van der Waals surface area contributed by atoms with Crippen LogP contribution < -0.4 is 4.74 Å². The lowest BCUT2D eigenvalue weighted by Crippen LogP contribution is -1.92. The van der Waals surface area contributed by atoms with Crippen molar-refractivity contribution in [2.75, 3.05) is 7.11 Å². The zero-order valence-electron chi connectivity index (χ0n) is 8.80. The molecule has 14 heavy (non-hydrogen) atoms. The summed E-state index contributed by atoms with van der Waals surface area (Å²) in [6, 6.07) is 3.97. The lowest BCUT2D eigenvalue weighted by Gasteiger charge is -2.09. The predicted octanol–water partition coefficient (Wildman–Crippen LogP) is 3.94. The Kier molecular flexibility index (Phi) is 4.02. The van der Waals surface area contributed by atoms with Crippen molar-refractivity contribution in [3.8, 4) is 5.75 Å². The topological polar surface area (TPSA) is 9.23 Å². The van der Waals surface area contributed by atoms with Gasteiger partial charge in [0.1, 0.15) is 5.75 Å². The standard InChI is InChI=1S/C12H15ClO/c1-4-6-9-7-11(13)10(5-2)12(8-9)14-3/h4,6-8H,5H2,1-3H3. The zero-order chi connectivity index (χ0) is 10.6. The van der Waals surface area contributed by atoms with Crippen molar-refractivity contribution < 1.29 is 4.74 Å². The molecule has 1 aromatic carbocycles. The molecule has 0 saturated carbocycles. The summed E-state index contributed by atoms with van der Waals surface area (Å²) in [6.07, 6.45) is 4.88. The van der Waals surface area contributed by atoms with Crippen LogP contribution in [0.1, 0.15) is 25.0 Å². The molecule has 1 aromatic rings. The lowest BCUT2D eigenvalue weighted by molar-refractivity contribution is 0.410. The van der Waals surface area contributed by atoms with Crippen LogP contribution in [0.3, 0.4) is 0 Å². The Labute approximate surface area is 90.3 Å². The highest BCUT2D eigenvalue weighted by molar-refractivity contribution is 6.31. The molecule has 0 aliphatic rings. The highest BCUT2D eigenvalue weighted by Crippen LogP contribution is 2.29. The third-order valence-electron chi connectivity index (χ3n) is 2.11. The largest absolute Gasteiger partial charge is 0.496 e. The highest BCUT2D eigenvalue weighted by Gasteiger charge is 2.06. The molecular formula is C12H15ClO. The van der Waals surface area contributed by atoms with E-state index in [9.17, 15) is 0 Å². The summed E-state index contributed by atoms with van der Waals surface area (Å²) in [4.78, 5) is 0. The van der Waals surface area contributed by atoms with Gasteiger partial charge in [0, 0.05) is 10.6 Å². The van der Waals surface area contributed by atoms with Gasteiger partial charge in [0.25, 0.3) is 0 Å². The van der Waals surface area contributed by atoms with Crippen molar-refractivity contribution in [2.45, 2.75) is 20.3 Å². The molecule has 0 unspecified atom stereocenters. The van der Waals surface area contributed by atoms with Gasteiger partial charge in [0.15, 0.2) is 0 Å². The van der Waals surface area contributed by atoms with Crippen molar-refractivity contribution >= 4 is 17.7 Å². The first-order valence-electron chi connectivity index (χ1n) is 4.72. The minimum absolute atomic E-state index is 0.778. The van der Waals surface area contributed by atoms with Gasteiger partial charge in [-0.2, -0.15) is 0 Å². The Hall–Kier alpha value is -0.950. The summed E-state index contributed by atoms with van der Waals surface area (Å²) in [5.41, 5.74) is 2.15. The van der Waals surface area contributed by atoms with Gasteiger partial charge in [-0.1, -0.05) is 30.7 Å². The lowest BCUT2D eigenvalue weighted by atomic mass is 10.1. The molecular weight excluding hydrogens is 196 g/mol. The van der Waals surface area contributed by atoms with Gasteiger partial charge < -0.3 is 4.74 Å². The van der Waals surface area contributed by atoms with E-state index in [4.69, 9.17) is 16.3 Å². The molecule has 1 rings (SSSR count). The van der Waals surface area contributed by atoms with Crippen LogP contribution in [-0.2, 0) is 6.42 Å². The van der Waals surface area contributed by atoms with Crippen molar-refractivity contribution in [3.05, 3.63) is 34.4 Å². The Bertz CT molecular complexity index is 342. The van der Waals surface area contributed by atoms with Gasteiger partial charge in [0.2, 0.25) is 0 Å². The Balaban J connectivity index is 3.23. The number of hydrogen-bond donors (Lipinski definition) is 0. The van der Waals surface area contributed by atoms with E-state index in [0.29, 0.717) is 0 Å². The summed E-state index contributed by atoms with van der Waals surface area (Å²) in [7, 11) is 1.67. The van der Waals surface area contributed by atoms with E-state index in [1.54, 1.807) is 7.11 Å². The van der Waals surface area contributed by atoms with Gasteiger partial charge in [-0.3, -0.25) is 0 Å². The summed E-state index contributed by atoms with van der Waals surface area (Å²) < 4.78 is 5.29.